The zero-order valence-electron chi connectivity index (χ0n) is 13.6. The molecule has 0 bridgehead atoms. The third-order valence-electron chi connectivity index (χ3n) is 4.03. The lowest BCUT2D eigenvalue weighted by Crippen LogP contribution is -2.27. The normalized spacial score (nSPS) is 14.0. The first-order valence-electron chi connectivity index (χ1n) is 7.72. The van der Waals surface area contributed by atoms with Crippen LogP contribution in [0.25, 0.3) is 0 Å². The number of carbonyl (C=O) groups excluding carboxylic acids is 1. The fourth-order valence-corrected chi connectivity index (χ4v) is 2.83. The minimum absolute atomic E-state index is 0.00130. The summed E-state index contributed by atoms with van der Waals surface area (Å²) < 4.78 is 6.95. The van der Waals surface area contributed by atoms with Crippen molar-refractivity contribution in [2.24, 2.45) is 7.05 Å². The van der Waals surface area contributed by atoms with Gasteiger partial charge in [0.25, 0.3) is 11.8 Å². The number of hydrogen-bond donors (Lipinski definition) is 0. The number of nitro groups is 1. The Labute approximate surface area is 138 Å². The Morgan fingerprint density at radius 1 is 1.25 bits per heavy atom. The van der Waals surface area contributed by atoms with Gasteiger partial charge in [0.2, 0.25) is 0 Å². The number of rotatable bonds is 4. The van der Waals surface area contributed by atoms with E-state index in [1.165, 1.54) is 4.68 Å². The Kier molecular flexibility index (Phi) is 4.20. The highest BCUT2D eigenvalue weighted by atomic mass is 16.6. The highest BCUT2D eigenvalue weighted by molar-refractivity contribution is 5.94. The molecule has 24 heavy (non-hydrogen) atoms. The van der Waals surface area contributed by atoms with Crippen molar-refractivity contribution in [3.05, 3.63) is 45.6 Å². The van der Waals surface area contributed by atoms with Crippen LogP contribution in [0.5, 0.6) is 11.6 Å². The number of amides is 1. The molecule has 1 aliphatic heterocycles. The predicted molar refractivity (Wildman–Crippen MR) is 86.3 cm³/mol. The Balaban J connectivity index is 1.80. The standard InChI is InChI=1S/C16H18N4O4/c1-11-14(20(22)23)16(18(2)17-11)24-13-7-5-12(6-8-13)15(21)19-9-3-4-10-19/h5-8H,3-4,9-10H2,1-2H3. The smallest absolute Gasteiger partial charge is 0.353 e. The number of carbonyl (C=O) groups is 1. The minimum atomic E-state index is -0.511. The molecular formula is C16H18N4O4. The number of aryl methyl sites for hydroxylation is 2. The van der Waals surface area contributed by atoms with Gasteiger partial charge in [-0.3, -0.25) is 14.9 Å². The first kappa shape index (κ1) is 16.0. The average molecular weight is 330 g/mol. The maximum absolute atomic E-state index is 12.3. The molecule has 0 N–H and O–H groups in total. The van der Waals surface area contributed by atoms with Crippen LogP contribution >= 0.6 is 0 Å². The Morgan fingerprint density at radius 3 is 2.46 bits per heavy atom. The molecule has 2 heterocycles. The van der Waals surface area contributed by atoms with Crippen LogP contribution in [0, 0.1) is 17.0 Å². The van der Waals surface area contributed by atoms with E-state index in [2.05, 4.69) is 5.10 Å². The zero-order valence-corrected chi connectivity index (χ0v) is 13.6. The lowest BCUT2D eigenvalue weighted by molar-refractivity contribution is -0.386. The molecule has 126 valence electrons. The summed E-state index contributed by atoms with van der Waals surface area (Å²) in [7, 11) is 1.58. The molecule has 0 saturated carbocycles. The van der Waals surface area contributed by atoms with Crippen LogP contribution in [0.3, 0.4) is 0 Å². The number of nitrogens with zero attached hydrogens (tertiary/aromatic N) is 4. The van der Waals surface area contributed by atoms with Crippen LogP contribution in [0.4, 0.5) is 5.69 Å². The van der Waals surface area contributed by atoms with Crippen molar-refractivity contribution in [2.45, 2.75) is 19.8 Å². The van der Waals surface area contributed by atoms with Gasteiger partial charge in [0, 0.05) is 25.7 Å². The second-order valence-electron chi connectivity index (χ2n) is 5.75. The molecule has 2 aromatic rings. The lowest BCUT2D eigenvalue weighted by atomic mass is 10.2. The molecule has 8 nitrogen and oxygen atoms in total. The molecule has 1 fully saturated rings. The van der Waals surface area contributed by atoms with E-state index in [-0.39, 0.29) is 17.5 Å². The third-order valence-corrected chi connectivity index (χ3v) is 4.03. The Hall–Kier alpha value is -2.90. The predicted octanol–water partition coefficient (Wildman–Crippen LogP) is 2.67. The molecule has 1 aliphatic rings. The summed E-state index contributed by atoms with van der Waals surface area (Å²) >= 11 is 0. The summed E-state index contributed by atoms with van der Waals surface area (Å²) in [5.41, 5.74) is 0.716. The van der Waals surface area contributed by atoms with Gasteiger partial charge in [-0.1, -0.05) is 0 Å². The summed E-state index contributed by atoms with van der Waals surface area (Å²) in [6.07, 6.45) is 2.08. The van der Waals surface area contributed by atoms with Gasteiger partial charge in [0.05, 0.1) is 4.92 Å². The molecule has 0 unspecified atom stereocenters. The minimum Gasteiger partial charge on any atom is -0.434 e. The molecular weight excluding hydrogens is 312 g/mol. The molecule has 1 aromatic carbocycles. The maximum atomic E-state index is 12.3. The number of aromatic nitrogens is 2. The SMILES string of the molecule is Cc1nn(C)c(Oc2ccc(C(=O)N3CCCC3)cc2)c1[N+](=O)[O-]. The van der Waals surface area contributed by atoms with Gasteiger partial charge in [0.1, 0.15) is 11.4 Å². The van der Waals surface area contributed by atoms with Crippen molar-refractivity contribution in [3.8, 4) is 11.6 Å². The Bertz CT molecular complexity index is 776. The van der Waals surface area contributed by atoms with E-state index >= 15 is 0 Å². The third kappa shape index (κ3) is 2.94. The van der Waals surface area contributed by atoms with E-state index in [0.717, 1.165) is 25.9 Å². The van der Waals surface area contributed by atoms with E-state index in [9.17, 15) is 14.9 Å². The van der Waals surface area contributed by atoms with Gasteiger partial charge < -0.3 is 9.64 Å². The number of likely N-dealkylation sites (tertiary alicyclic amines) is 1. The first-order chi connectivity index (χ1) is 11.5. The Morgan fingerprint density at radius 2 is 1.88 bits per heavy atom. The van der Waals surface area contributed by atoms with E-state index in [1.807, 2.05) is 4.90 Å². The van der Waals surface area contributed by atoms with E-state index in [0.29, 0.717) is 17.0 Å². The van der Waals surface area contributed by atoms with Gasteiger partial charge >= 0.3 is 5.69 Å². The van der Waals surface area contributed by atoms with Gasteiger partial charge in [-0.15, -0.1) is 0 Å². The lowest BCUT2D eigenvalue weighted by Gasteiger charge is -2.15. The topological polar surface area (TPSA) is 90.5 Å². The summed E-state index contributed by atoms with van der Waals surface area (Å²) in [5, 5.41) is 15.2. The maximum Gasteiger partial charge on any atom is 0.353 e. The van der Waals surface area contributed by atoms with Crippen LogP contribution in [-0.4, -0.2) is 38.6 Å². The first-order valence-corrected chi connectivity index (χ1v) is 7.72. The van der Waals surface area contributed by atoms with Crippen molar-refractivity contribution in [1.82, 2.24) is 14.7 Å². The van der Waals surface area contributed by atoms with Crippen molar-refractivity contribution < 1.29 is 14.5 Å². The number of hydrogen-bond acceptors (Lipinski definition) is 5. The quantitative estimate of drug-likeness (QED) is 0.635. The second-order valence-corrected chi connectivity index (χ2v) is 5.75. The molecule has 0 radical (unpaired) electrons. The highest BCUT2D eigenvalue weighted by Gasteiger charge is 2.26. The molecule has 1 amide bonds. The van der Waals surface area contributed by atoms with Crippen LogP contribution in [0.15, 0.2) is 24.3 Å². The molecule has 3 rings (SSSR count). The fraction of sp³-hybridized carbons (Fsp3) is 0.375. The van der Waals surface area contributed by atoms with Crippen LogP contribution in [-0.2, 0) is 7.05 Å². The van der Waals surface area contributed by atoms with Crippen LogP contribution in [0.1, 0.15) is 28.9 Å². The summed E-state index contributed by atoms with van der Waals surface area (Å²) in [5.74, 6) is 0.483. The van der Waals surface area contributed by atoms with E-state index in [4.69, 9.17) is 4.74 Å². The van der Waals surface area contributed by atoms with Crippen molar-refractivity contribution in [1.29, 1.82) is 0 Å². The van der Waals surface area contributed by atoms with Gasteiger partial charge in [-0.2, -0.15) is 5.10 Å². The fourth-order valence-electron chi connectivity index (χ4n) is 2.83. The monoisotopic (exact) mass is 330 g/mol. The molecule has 8 heteroatoms. The number of ether oxygens (including phenoxy) is 1. The largest absolute Gasteiger partial charge is 0.434 e. The number of benzene rings is 1. The van der Waals surface area contributed by atoms with Crippen LogP contribution in [0.2, 0.25) is 0 Å². The summed E-state index contributed by atoms with van der Waals surface area (Å²) in [6, 6.07) is 6.61. The van der Waals surface area contributed by atoms with Crippen molar-refractivity contribution in [3.63, 3.8) is 0 Å². The van der Waals surface area contributed by atoms with E-state index in [1.54, 1.807) is 38.2 Å². The molecule has 0 aliphatic carbocycles. The highest BCUT2D eigenvalue weighted by Crippen LogP contribution is 2.33. The molecule has 1 saturated heterocycles. The van der Waals surface area contributed by atoms with Crippen molar-refractivity contribution in [2.75, 3.05) is 13.1 Å². The molecule has 0 spiro atoms. The zero-order chi connectivity index (χ0) is 17.3. The molecule has 0 atom stereocenters. The second kappa shape index (κ2) is 6.31. The van der Waals surface area contributed by atoms with Gasteiger partial charge in [0.15, 0.2) is 0 Å². The summed E-state index contributed by atoms with van der Waals surface area (Å²) in [6.45, 7) is 3.14. The van der Waals surface area contributed by atoms with Crippen LogP contribution < -0.4 is 4.74 Å². The van der Waals surface area contributed by atoms with Crippen molar-refractivity contribution >= 4 is 11.6 Å². The van der Waals surface area contributed by atoms with Gasteiger partial charge in [-0.05, 0) is 44.0 Å². The van der Waals surface area contributed by atoms with Gasteiger partial charge in [-0.25, -0.2) is 4.68 Å². The average Bonchev–Trinajstić information content (AvgIpc) is 3.16. The van der Waals surface area contributed by atoms with E-state index < -0.39 is 4.92 Å². The molecule has 1 aromatic heterocycles. The summed E-state index contributed by atoms with van der Waals surface area (Å²) in [4.78, 5) is 24.8.